The second kappa shape index (κ2) is 7.20. The van der Waals surface area contributed by atoms with Crippen LogP contribution in [0.2, 0.25) is 0 Å². The highest BCUT2D eigenvalue weighted by molar-refractivity contribution is 5.93. The van der Waals surface area contributed by atoms with Crippen molar-refractivity contribution in [3.63, 3.8) is 0 Å². The molecule has 1 aromatic heterocycles. The van der Waals surface area contributed by atoms with Crippen molar-refractivity contribution in [1.82, 2.24) is 10.2 Å². The molecule has 0 bridgehead atoms. The summed E-state index contributed by atoms with van der Waals surface area (Å²) in [6.07, 6.45) is 3.19. The second-order valence-corrected chi connectivity index (χ2v) is 8.70. The van der Waals surface area contributed by atoms with E-state index in [1.165, 1.54) is 12.5 Å². The molecule has 0 aliphatic carbocycles. The minimum absolute atomic E-state index is 0.116. The Kier molecular flexibility index (Phi) is 4.80. The summed E-state index contributed by atoms with van der Waals surface area (Å²) in [5.41, 5.74) is 15.2. The Morgan fingerprint density at radius 1 is 1.27 bits per heavy atom. The van der Waals surface area contributed by atoms with Crippen LogP contribution in [0.15, 0.2) is 30.5 Å². The van der Waals surface area contributed by atoms with Gasteiger partial charge in [0.05, 0.1) is 11.4 Å². The molecule has 0 saturated heterocycles. The van der Waals surface area contributed by atoms with E-state index in [1.807, 2.05) is 25.1 Å². The van der Waals surface area contributed by atoms with Gasteiger partial charge in [-0.3, -0.25) is 9.89 Å². The summed E-state index contributed by atoms with van der Waals surface area (Å²) in [7, 11) is 0. The first-order chi connectivity index (χ1) is 14.2. The highest BCUT2D eigenvalue weighted by Crippen LogP contribution is 2.44. The van der Waals surface area contributed by atoms with Gasteiger partial charge in [-0.25, -0.2) is 0 Å². The number of fused-ring (bicyclic) bond motifs is 1. The number of aromatic amines is 1. The number of nitrogens with two attached hydrogens (primary N) is 1. The lowest BCUT2D eigenvalue weighted by Gasteiger charge is -2.19. The van der Waals surface area contributed by atoms with Crippen molar-refractivity contribution in [2.75, 3.05) is 11.1 Å². The summed E-state index contributed by atoms with van der Waals surface area (Å²) in [4.78, 5) is 11.8. The Morgan fingerprint density at radius 2 is 2.03 bits per heavy atom. The number of hydrogen-bond acceptors (Lipinski definition) is 4. The van der Waals surface area contributed by atoms with Gasteiger partial charge in [0.15, 0.2) is 0 Å². The maximum absolute atomic E-state index is 11.8. The van der Waals surface area contributed by atoms with Crippen LogP contribution in [0.25, 0.3) is 11.3 Å². The molecule has 6 heteroatoms. The third-order valence-electron chi connectivity index (χ3n) is 5.82. The summed E-state index contributed by atoms with van der Waals surface area (Å²) in [6, 6.07) is 7.98. The van der Waals surface area contributed by atoms with Crippen molar-refractivity contribution in [2.24, 2.45) is 0 Å². The SMILES string of the molecule is CC(=O)Nc1cc(Cc2c(N)c(C)c(C)c3c2CC(C)(C)O3)ccc1-c1ccn[nH]1. The van der Waals surface area contributed by atoms with Crippen molar-refractivity contribution in [1.29, 1.82) is 0 Å². The van der Waals surface area contributed by atoms with Gasteiger partial charge in [-0.05, 0) is 68.5 Å². The highest BCUT2D eigenvalue weighted by atomic mass is 16.5. The number of nitrogens with zero attached hydrogens (tertiary/aromatic N) is 1. The Balaban J connectivity index is 1.78. The largest absolute Gasteiger partial charge is 0.487 e. The van der Waals surface area contributed by atoms with Crippen LogP contribution in [-0.4, -0.2) is 21.7 Å². The minimum Gasteiger partial charge on any atom is -0.487 e. The van der Waals surface area contributed by atoms with Crippen molar-refractivity contribution in [2.45, 2.75) is 53.1 Å². The molecular formula is C24H28N4O2. The molecule has 4 N–H and O–H groups in total. The van der Waals surface area contributed by atoms with Crippen molar-refractivity contribution in [3.05, 3.63) is 58.3 Å². The van der Waals surface area contributed by atoms with Gasteiger partial charge < -0.3 is 15.8 Å². The number of carbonyl (C=O) groups is 1. The van der Waals surface area contributed by atoms with Gasteiger partial charge in [0.1, 0.15) is 11.4 Å². The molecule has 6 nitrogen and oxygen atoms in total. The van der Waals surface area contributed by atoms with Crippen LogP contribution in [0.1, 0.15) is 48.6 Å². The average Bonchev–Trinajstić information content (AvgIpc) is 3.31. The first-order valence-electron chi connectivity index (χ1n) is 10.2. The monoisotopic (exact) mass is 404 g/mol. The van der Waals surface area contributed by atoms with Gasteiger partial charge in [0.25, 0.3) is 0 Å². The van der Waals surface area contributed by atoms with E-state index in [9.17, 15) is 4.79 Å². The number of ether oxygens (including phenoxy) is 1. The number of anilines is 2. The predicted molar refractivity (Wildman–Crippen MR) is 120 cm³/mol. The number of nitrogen functional groups attached to an aromatic ring is 1. The summed E-state index contributed by atoms with van der Waals surface area (Å²) in [5.74, 6) is 0.854. The lowest BCUT2D eigenvalue weighted by atomic mass is 9.88. The number of rotatable bonds is 4. The molecule has 0 radical (unpaired) electrons. The fourth-order valence-corrected chi connectivity index (χ4v) is 4.23. The molecule has 0 unspecified atom stereocenters. The third kappa shape index (κ3) is 3.54. The molecule has 0 saturated carbocycles. The van der Waals surface area contributed by atoms with Crippen molar-refractivity contribution in [3.8, 4) is 17.0 Å². The molecule has 30 heavy (non-hydrogen) atoms. The second-order valence-electron chi connectivity index (χ2n) is 8.70. The van der Waals surface area contributed by atoms with Crippen LogP contribution in [-0.2, 0) is 17.6 Å². The topological polar surface area (TPSA) is 93.0 Å². The molecule has 1 amide bonds. The van der Waals surface area contributed by atoms with Crippen LogP contribution in [0.5, 0.6) is 5.75 Å². The van der Waals surface area contributed by atoms with E-state index in [4.69, 9.17) is 10.5 Å². The number of amides is 1. The van der Waals surface area contributed by atoms with Crippen molar-refractivity contribution >= 4 is 17.3 Å². The molecule has 4 rings (SSSR count). The standard InChI is InChI=1S/C24H28N4O2/c1-13-14(2)23-19(12-24(4,5)30-23)18(22(13)25)10-16-6-7-17(20-8-9-26-28-20)21(11-16)27-15(3)29/h6-9,11H,10,12,25H2,1-5H3,(H,26,28)(H,27,29). The van der Waals surface area contributed by atoms with Gasteiger partial charge in [-0.1, -0.05) is 12.1 Å². The molecule has 1 aliphatic heterocycles. The van der Waals surface area contributed by atoms with E-state index in [0.29, 0.717) is 6.42 Å². The highest BCUT2D eigenvalue weighted by Gasteiger charge is 2.35. The molecular weight excluding hydrogens is 376 g/mol. The van der Waals surface area contributed by atoms with Gasteiger partial charge in [0.2, 0.25) is 5.91 Å². The molecule has 0 spiro atoms. The maximum Gasteiger partial charge on any atom is 0.221 e. The molecule has 2 aromatic carbocycles. The van der Waals surface area contributed by atoms with Crippen LogP contribution >= 0.6 is 0 Å². The quantitative estimate of drug-likeness (QED) is 0.557. The van der Waals surface area contributed by atoms with E-state index in [-0.39, 0.29) is 11.5 Å². The van der Waals surface area contributed by atoms with Gasteiger partial charge in [0, 0.05) is 36.4 Å². The number of hydrogen-bond donors (Lipinski definition) is 3. The van der Waals surface area contributed by atoms with Crippen LogP contribution in [0.4, 0.5) is 11.4 Å². The van der Waals surface area contributed by atoms with E-state index in [1.54, 1.807) is 6.20 Å². The first kappa shape index (κ1) is 20.0. The summed E-state index contributed by atoms with van der Waals surface area (Å²) < 4.78 is 6.26. The molecule has 156 valence electrons. The average molecular weight is 405 g/mol. The number of aromatic nitrogens is 2. The lowest BCUT2D eigenvalue weighted by Crippen LogP contribution is -2.25. The molecule has 3 aromatic rings. The van der Waals surface area contributed by atoms with Crippen LogP contribution < -0.4 is 15.8 Å². The van der Waals surface area contributed by atoms with Crippen molar-refractivity contribution < 1.29 is 9.53 Å². The maximum atomic E-state index is 11.8. The Labute approximate surface area is 176 Å². The first-order valence-corrected chi connectivity index (χ1v) is 10.2. The predicted octanol–water partition coefficient (Wildman–Crippen LogP) is 4.54. The minimum atomic E-state index is -0.242. The number of benzene rings is 2. The van der Waals surface area contributed by atoms with E-state index in [0.717, 1.165) is 57.1 Å². The lowest BCUT2D eigenvalue weighted by molar-refractivity contribution is -0.114. The molecule has 1 aliphatic rings. The number of carbonyl (C=O) groups excluding carboxylic acids is 1. The van der Waals surface area contributed by atoms with Gasteiger partial charge in [-0.2, -0.15) is 5.10 Å². The normalized spacial score (nSPS) is 14.3. The number of H-pyrrole nitrogens is 1. The van der Waals surface area contributed by atoms with Gasteiger partial charge in [-0.15, -0.1) is 0 Å². The van der Waals surface area contributed by atoms with Crippen LogP contribution in [0.3, 0.4) is 0 Å². The zero-order valence-electron chi connectivity index (χ0n) is 18.1. The number of nitrogens with one attached hydrogen (secondary N) is 2. The Hall–Kier alpha value is -3.28. The molecule has 0 atom stereocenters. The summed E-state index contributed by atoms with van der Waals surface area (Å²) in [5, 5.41) is 9.93. The summed E-state index contributed by atoms with van der Waals surface area (Å²) >= 11 is 0. The smallest absolute Gasteiger partial charge is 0.221 e. The summed E-state index contributed by atoms with van der Waals surface area (Å²) in [6.45, 7) is 9.85. The Bertz CT molecular complexity index is 1130. The van der Waals surface area contributed by atoms with Gasteiger partial charge >= 0.3 is 0 Å². The third-order valence-corrected chi connectivity index (χ3v) is 5.82. The van der Waals surface area contributed by atoms with E-state index >= 15 is 0 Å². The van der Waals surface area contributed by atoms with Crippen LogP contribution in [0, 0.1) is 13.8 Å². The zero-order chi connectivity index (χ0) is 21.6. The zero-order valence-corrected chi connectivity index (χ0v) is 18.1. The molecule has 0 fully saturated rings. The van der Waals surface area contributed by atoms with E-state index < -0.39 is 0 Å². The Morgan fingerprint density at radius 3 is 2.70 bits per heavy atom. The van der Waals surface area contributed by atoms with E-state index in [2.05, 4.69) is 42.4 Å². The fraction of sp³-hybridized carbons (Fsp3) is 0.333. The fourth-order valence-electron chi connectivity index (χ4n) is 4.23. The molecule has 2 heterocycles.